The topological polar surface area (TPSA) is 48.0 Å². The van der Waals surface area contributed by atoms with Crippen LogP contribution in [0.3, 0.4) is 0 Å². The van der Waals surface area contributed by atoms with E-state index in [4.69, 9.17) is 0 Å². The van der Waals surface area contributed by atoms with Gasteiger partial charge in [0.15, 0.2) is 6.17 Å². The summed E-state index contributed by atoms with van der Waals surface area (Å²) < 4.78 is 0.0325. The first-order valence-electron chi connectivity index (χ1n) is 2.31. The Morgan fingerprint density at radius 1 is 1.88 bits per heavy atom. The van der Waals surface area contributed by atoms with Crippen molar-refractivity contribution in [2.75, 3.05) is 7.05 Å². The first-order valence-corrected chi connectivity index (χ1v) is 3.39. The predicted octanol–water partition coefficient (Wildman–Crippen LogP) is 0.0611. The second-order valence-electron chi connectivity index (χ2n) is 1.71. The molecule has 0 rings (SSSR count). The molecular formula is C4H10IN2O+. The lowest BCUT2D eigenvalue weighted by molar-refractivity contribution is -0.441. The van der Waals surface area contributed by atoms with E-state index in [0.717, 1.165) is 0 Å². The van der Waals surface area contributed by atoms with Crippen LogP contribution in [0.25, 0.3) is 0 Å². The van der Waals surface area contributed by atoms with Crippen LogP contribution in [0.4, 0.5) is 4.79 Å². The summed E-state index contributed by atoms with van der Waals surface area (Å²) in [5.74, 6) is 0. The molecule has 0 spiro atoms. The summed E-state index contributed by atoms with van der Waals surface area (Å²) in [5.41, 5.74) is 3.66. The Bertz CT molecular complexity index is 94.0. The minimum absolute atomic E-state index is 0.0325. The van der Waals surface area contributed by atoms with Crippen molar-refractivity contribution in [1.82, 2.24) is 4.90 Å². The molecule has 1 amide bonds. The molecule has 0 aliphatic rings. The van der Waals surface area contributed by atoms with Gasteiger partial charge in [-0.25, -0.2) is 0 Å². The van der Waals surface area contributed by atoms with Gasteiger partial charge in [-0.3, -0.25) is 9.69 Å². The first kappa shape index (κ1) is 8.16. The number of carbonyl (C=O) groups excluding carboxylic acids is 1. The predicted molar refractivity (Wildman–Crippen MR) is 39.5 cm³/mol. The van der Waals surface area contributed by atoms with E-state index in [0.29, 0.717) is 0 Å². The van der Waals surface area contributed by atoms with Gasteiger partial charge in [0, 0.05) is 36.6 Å². The van der Waals surface area contributed by atoms with Crippen LogP contribution in [0.5, 0.6) is 0 Å². The zero-order valence-corrected chi connectivity index (χ0v) is 7.18. The van der Waals surface area contributed by atoms with Crippen molar-refractivity contribution in [2.45, 2.75) is 13.1 Å². The summed E-state index contributed by atoms with van der Waals surface area (Å²) in [6.45, 7) is 1.87. The second-order valence-corrected chi connectivity index (χ2v) is 2.64. The van der Waals surface area contributed by atoms with Crippen LogP contribution in [-0.4, -0.2) is 22.0 Å². The Kier molecular flexibility index (Phi) is 3.30. The van der Waals surface area contributed by atoms with Crippen molar-refractivity contribution >= 4 is 26.5 Å². The Hall–Kier alpha value is 0.160. The highest BCUT2D eigenvalue weighted by atomic mass is 127. The zero-order chi connectivity index (χ0) is 6.73. The summed E-state index contributed by atoms with van der Waals surface area (Å²) in [6.07, 6.45) is 0.0689. The largest absolute Gasteiger partial charge is 0.338 e. The van der Waals surface area contributed by atoms with Gasteiger partial charge in [-0.2, -0.15) is 0 Å². The molecule has 3 nitrogen and oxygen atoms in total. The lowest BCUT2D eigenvalue weighted by Gasteiger charge is -2.13. The third-order valence-electron chi connectivity index (χ3n) is 0.938. The second kappa shape index (κ2) is 3.24. The summed E-state index contributed by atoms with van der Waals surface area (Å²) in [7, 11) is 1.73. The van der Waals surface area contributed by atoms with E-state index in [1.165, 1.54) is 0 Å². The van der Waals surface area contributed by atoms with Gasteiger partial charge in [0.2, 0.25) is 0 Å². The van der Waals surface area contributed by atoms with Crippen molar-refractivity contribution in [3.8, 4) is 0 Å². The standard InChI is InChI=1S/C4H9IN2O/c1-3(6)7(2)4(5)8/h3H,6H2,1-2H3/p+1. The number of hydrogen-bond donors (Lipinski definition) is 1. The van der Waals surface area contributed by atoms with Crippen molar-refractivity contribution in [2.24, 2.45) is 0 Å². The number of quaternary nitrogens is 1. The number of carbonyl (C=O) groups is 1. The first-order chi connectivity index (χ1) is 3.55. The van der Waals surface area contributed by atoms with Crippen molar-refractivity contribution in [1.29, 1.82) is 0 Å². The molecule has 1 atom stereocenters. The SMILES string of the molecule is CC([NH3+])N(C)C(=O)I. The molecule has 3 N–H and O–H groups in total. The normalized spacial score (nSPS) is 13.0. The highest BCUT2D eigenvalue weighted by Crippen LogP contribution is 1.95. The fourth-order valence-electron chi connectivity index (χ4n) is 0.173. The highest BCUT2D eigenvalue weighted by Gasteiger charge is 2.09. The molecule has 0 saturated carbocycles. The lowest BCUT2D eigenvalue weighted by atomic mass is 10.5. The molecule has 0 aromatic rings. The average molecular weight is 229 g/mol. The number of amides is 1. The lowest BCUT2D eigenvalue weighted by Crippen LogP contribution is -2.66. The van der Waals surface area contributed by atoms with E-state index in [1.54, 1.807) is 34.5 Å². The molecular weight excluding hydrogens is 219 g/mol. The Labute approximate surface area is 62.4 Å². The molecule has 0 aromatic carbocycles. The quantitative estimate of drug-likeness (QED) is 0.294. The van der Waals surface area contributed by atoms with Crippen molar-refractivity contribution in [3.05, 3.63) is 0 Å². The maximum Gasteiger partial charge on any atom is 0.287 e. The van der Waals surface area contributed by atoms with Crippen LogP contribution >= 0.6 is 22.6 Å². The monoisotopic (exact) mass is 229 g/mol. The van der Waals surface area contributed by atoms with Crippen molar-refractivity contribution < 1.29 is 10.5 Å². The molecule has 0 aromatic heterocycles. The van der Waals surface area contributed by atoms with E-state index in [9.17, 15) is 4.79 Å². The van der Waals surface area contributed by atoms with Crippen LogP contribution < -0.4 is 5.73 Å². The maximum absolute atomic E-state index is 10.5. The van der Waals surface area contributed by atoms with E-state index in [-0.39, 0.29) is 10.1 Å². The molecule has 0 saturated heterocycles. The number of rotatable bonds is 1. The molecule has 0 fully saturated rings. The summed E-state index contributed by atoms with van der Waals surface area (Å²) >= 11 is 1.73. The summed E-state index contributed by atoms with van der Waals surface area (Å²) in [4.78, 5) is 12.0. The highest BCUT2D eigenvalue weighted by molar-refractivity contribution is 14.1. The molecule has 8 heavy (non-hydrogen) atoms. The molecule has 1 unspecified atom stereocenters. The van der Waals surface area contributed by atoms with Gasteiger partial charge in [-0.15, -0.1) is 0 Å². The van der Waals surface area contributed by atoms with Gasteiger partial charge >= 0.3 is 0 Å². The molecule has 0 aliphatic carbocycles. The van der Waals surface area contributed by atoms with Crippen molar-refractivity contribution in [3.63, 3.8) is 0 Å². The van der Waals surface area contributed by atoms with E-state index in [2.05, 4.69) is 5.73 Å². The molecule has 0 radical (unpaired) electrons. The summed E-state index contributed by atoms with van der Waals surface area (Å²) in [6, 6.07) is 0. The van der Waals surface area contributed by atoms with Gasteiger partial charge in [0.1, 0.15) is 0 Å². The molecule has 0 bridgehead atoms. The van der Waals surface area contributed by atoms with Crippen LogP contribution in [0.15, 0.2) is 0 Å². The number of nitrogens with zero attached hydrogens (tertiary/aromatic N) is 1. The minimum atomic E-state index is 0.0325. The molecule has 4 heteroatoms. The number of halogens is 1. The van der Waals surface area contributed by atoms with E-state index >= 15 is 0 Å². The Morgan fingerprint density at radius 2 is 2.25 bits per heavy atom. The number of hydrogen-bond acceptors (Lipinski definition) is 1. The van der Waals surface area contributed by atoms with Gasteiger partial charge in [0.25, 0.3) is 3.91 Å². The average Bonchev–Trinajstić information content (AvgIpc) is 1.64. The smallest absolute Gasteiger partial charge is 0.287 e. The third-order valence-corrected chi connectivity index (χ3v) is 1.70. The van der Waals surface area contributed by atoms with Crippen LogP contribution in [0, 0.1) is 0 Å². The maximum atomic E-state index is 10.5. The Balaban J connectivity index is 3.64. The van der Waals surface area contributed by atoms with Crippen LogP contribution in [0.2, 0.25) is 0 Å². The van der Waals surface area contributed by atoms with Crippen LogP contribution in [-0.2, 0) is 0 Å². The van der Waals surface area contributed by atoms with Gasteiger partial charge in [-0.1, -0.05) is 0 Å². The van der Waals surface area contributed by atoms with Gasteiger partial charge in [-0.05, 0) is 0 Å². The van der Waals surface area contributed by atoms with E-state index in [1.807, 2.05) is 6.92 Å². The molecule has 0 aliphatic heterocycles. The molecule has 48 valence electrons. The Morgan fingerprint density at radius 3 is 2.25 bits per heavy atom. The fraction of sp³-hybridized carbons (Fsp3) is 0.750. The zero-order valence-electron chi connectivity index (χ0n) is 5.02. The third kappa shape index (κ3) is 2.46. The minimum Gasteiger partial charge on any atom is -0.338 e. The molecule has 0 heterocycles. The van der Waals surface area contributed by atoms with Gasteiger partial charge in [0.05, 0.1) is 0 Å². The van der Waals surface area contributed by atoms with E-state index < -0.39 is 0 Å². The van der Waals surface area contributed by atoms with Crippen LogP contribution in [0.1, 0.15) is 6.92 Å². The fourth-order valence-corrected chi connectivity index (χ4v) is 0.649. The summed E-state index contributed by atoms with van der Waals surface area (Å²) in [5, 5.41) is 0. The van der Waals surface area contributed by atoms with Gasteiger partial charge < -0.3 is 5.73 Å².